The van der Waals surface area contributed by atoms with Crippen molar-refractivity contribution >= 4 is 5.97 Å². The molecule has 0 amide bonds. The van der Waals surface area contributed by atoms with Crippen molar-refractivity contribution in [2.75, 3.05) is 0 Å². The normalized spacial score (nSPS) is 32.5. The van der Waals surface area contributed by atoms with E-state index in [1.807, 2.05) is 20.8 Å². The zero-order valence-electron chi connectivity index (χ0n) is 9.88. The molecule has 0 aromatic carbocycles. The summed E-state index contributed by atoms with van der Waals surface area (Å²) in [6.45, 7) is 5.55. The van der Waals surface area contributed by atoms with Crippen LogP contribution in [0.4, 0.5) is 0 Å². The van der Waals surface area contributed by atoms with E-state index in [4.69, 9.17) is 16.2 Å². The monoisotopic (exact) mass is 214 g/mol. The van der Waals surface area contributed by atoms with Crippen molar-refractivity contribution < 1.29 is 9.53 Å². The van der Waals surface area contributed by atoms with E-state index in [1.54, 1.807) is 0 Å². The van der Waals surface area contributed by atoms with Gasteiger partial charge >= 0.3 is 5.97 Å². The van der Waals surface area contributed by atoms with Gasteiger partial charge in [-0.3, -0.25) is 4.79 Å². The fourth-order valence-corrected chi connectivity index (χ4v) is 1.74. The highest BCUT2D eigenvalue weighted by Gasteiger charge is 2.40. The summed E-state index contributed by atoms with van der Waals surface area (Å²) in [7, 11) is 0. The second-order valence-electron chi connectivity index (χ2n) is 5.50. The van der Waals surface area contributed by atoms with E-state index in [1.165, 1.54) is 0 Å². The van der Waals surface area contributed by atoms with Gasteiger partial charge in [0.2, 0.25) is 0 Å². The van der Waals surface area contributed by atoms with E-state index in [-0.39, 0.29) is 12.0 Å². The lowest BCUT2D eigenvalue weighted by Crippen LogP contribution is -2.54. The van der Waals surface area contributed by atoms with Gasteiger partial charge in [-0.25, -0.2) is 0 Å². The molecular weight excluding hydrogens is 192 g/mol. The molecule has 0 heterocycles. The van der Waals surface area contributed by atoms with Gasteiger partial charge in [-0.15, -0.1) is 0 Å². The molecule has 4 heteroatoms. The number of esters is 1. The summed E-state index contributed by atoms with van der Waals surface area (Å²) in [5.41, 5.74) is 10.5. The summed E-state index contributed by atoms with van der Waals surface area (Å²) in [4.78, 5) is 11.9. The standard InChI is InChI=1S/C11H22N2O2/c1-10(2,3)15-9(14)11(13)6-4-8(12)5-7-11/h8H,4-7,12-13H2,1-3H3. The smallest absolute Gasteiger partial charge is 0.326 e. The minimum Gasteiger partial charge on any atom is -0.459 e. The van der Waals surface area contributed by atoms with Gasteiger partial charge in [-0.1, -0.05) is 0 Å². The lowest BCUT2D eigenvalue weighted by Gasteiger charge is -2.35. The summed E-state index contributed by atoms with van der Waals surface area (Å²) in [6, 6.07) is 0.184. The molecule has 0 saturated heterocycles. The summed E-state index contributed by atoms with van der Waals surface area (Å²) < 4.78 is 5.31. The molecule has 1 fully saturated rings. The molecule has 0 aromatic heterocycles. The van der Waals surface area contributed by atoms with Gasteiger partial charge in [-0.2, -0.15) is 0 Å². The Hall–Kier alpha value is -0.610. The highest BCUT2D eigenvalue weighted by Crippen LogP contribution is 2.28. The minimum absolute atomic E-state index is 0.184. The van der Waals surface area contributed by atoms with Crippen molar-refractivity contribution in [2.24, 2.45) is 11.5 Å². The maximum Gasteiger partial charge on any atom is 0.326 e. The van der Waals surface area contributed by atoms with Gasteiger partial charge in [0.05, 0.1) is 0 Å². The Kier molecular flexibility index (Phi) is 3.41. The summed E-state index contributed by atoms with van der Waals surface area (Å²) >= 11 is 0. The highest BCUT2D eigenvalue weighted by atomic mass is 16.6. The maximum absolute atomic E-state index is 11.9. The van der Waals surface area contributed by atoms with Crippen LogP contribution in [0.2, 0.25) is 0 Å². The van der Waals surface area contributed by atoms with Gasteiger partial charge in [-0.05, 0) is 46.5 Å². The van der Waals surface area contributed by atoms with Crippen LogP contribution in [0.3, 0.4) is 0 Å². The second kappa shape index (κ2) is 4.10. The first-order valence-corrected chi connectivity index (χ1v) is 5.51. The number of nitrogens with two attached hydrogens (primary N) is 2. The van der Waals surface area contributed by atoms with Crippen molar-refractivity contribution in [3.8, 4) is 0 Å². The van der Waals surface area contributed by atoms with Crippen LogP contribution in [0, 0.1) is 0 Å². The van der Waals surface area contributed by atoms with E-state index >= 15 is 0 Å². The maximum atomic E-state index is 11.9. The van der Waals surface area contributed by atoms with Crippen LogP contribution in [-0.4, -0.2) is 23.2 Å². The van der Waals surface area contributed by atoms with E-state index in [0.29, 0.717) is 12.8 Å². The molecule has 0 aliphatic heterocycles. The molecule has 0 aromatic rings. The van der Waals surface area contributed by atoms with Crippen molar-refractivity contribution in [3.63, 3.8) is 0 Å². The van der Waals surface area contributed by atoms with Crippen LogP contribution < -0.4 is 11.5 Å². The third-order valence-electron chi connectivity index (χ3n) is 2.73. The summed E-state index contributed by atoms with van der Waals surface area (Å²) in [5, 5.41) is 0. The predicted octanol–water partition coefficient (Wildman–Crippen LogP) is 0.927. The van der Waals surface area contributed by atoms with Crippen LogP contribution in [0.5, 0.6) is 0 Å². The molecule has 1 aliphatic carbocycles. The van der Waals surface area contributed by atoms with Gasteiger partial charge < -0.3 is 16.2 Å². The third-order valence-corrected chi connectivity index (χ3v) is 2.73. The Bertz CT molecular complexity index is 237. The molecule has 0 atom stereocenters. The van der Waals surface area contributed by atoms with Gasteiger partial charge in [0.25, 0.3) is 0 Å². The third kappa shape index (κ3) is 3.47. The number of carbonyl (C=O) groups is 1. The number of ether oxygens (including phenoxy) is 1. The van der Waals surface area contributed by atoms with Crippen molar-refractivity contribution in [1.82, 2.24) is 0 Å². The zero-order chi connectivity index (χ0) is 11.7. The van der Waals surface area contributed by atoms with Gasteiger partial charge in [0, 0.05) is 6.04 Å². The van der Waals surface area contributed by atoms with Crippen LogP contribution >= 0.6 is 0 Å². The fourth-order valence-electron chi connectivity index (χ4n) is 1.74. The predicted molar refractivity (Wildman–Crippen MR) is 59.2 cm³/mol. The van der Waals surface area contributed by atoms with E-state index in [9.17, 15) is 4.79 Å². The lowest BCUT2D eigenvalue weighted by molar-refractivity contribution is -0.163. The molecule has 4 nitrogen and oxygen atoms in total. The topological polar surface area (TPSA) is 78.3 Å². The van der Waals surface area contributed by atoms with E-state index in [2.05, 4.69) is 0 Å². The van der Waals surface area contributed by atoms with Gasteiger partial charge in [0.1, 0.15) is 11.1 Å². The number of rotatable bonds is 1. The number of carbonyl (C=O) groups excluding carboxylic acids is 1. The molecule has 0 bridgehead atoms. The Morgan fingerprint density at radius 1 is 1.33 bits per heavy atom. The van der Waals surface area contributed by atoms with E-state index < -0.39 is 11.1 Å². The van der Waals surface area contributed by atoms with Crippen LogP contribution in [0.1, 0.15) is 46.5 Å². The Labute approximate surface area is 91.3 Å². The molecule has 4 N–H and O–H groups in total. The first kappa shape index (κ1) is 12.5. The first-order chi connectivity index (χ1) is 6.73. The molecular formula is C11H22N2O2. The van der Waals surface area contributed by atoms with Gasteiger partial charge in [0.15, 0.2) is 0 Å². The Morgan fingerprint density at radius 2 is 1.80 bits per heavy atom. The molecule has 0 unspecified atom stereocenters. The molecule has 88 valence electrons. The van der Waals surface area contributed by atoms with Crippen molar-refractivity contribution in [3.05, 3.63) is 0 Å². The second-order valence-corrected chi connectivity index (χ2v) is 5.50. The average Bonchev–Trinajstić information content (AvgIpc) is 2.07. The first-order valence-electron chi connectivity index (χ1n) is 5.51. The van der Waals surface area contributed by atoms with Crippen LogP contribution in [-0.2, 0) is 9.53 Å². The quantitative estimate of drug-likeness (QED) is 0.636. The molecule has 1 rings (SSSR count). The molecule has 0 radical (unpaired) electrons. The lowest BCUT2D eigenvalue weighted by atomic mass is 9.80. The zero-order valence-corrected chi connectivity index (χ0v) is 9.88. The molecule has 1 saturated carbocycles. The van der Waals surface area contributed by atoms with Crippen molar-refractivity contribution in [2.45, 2.75) is 63.6 Å². The number of hydrogen-bond acceptors (Lipinski definition) is 4. The fraction of sp³-hybridized carbons (Fsp3) is 0.909. The van der Waals surface area contributed by atoms with E-state index in [0.717, 1.165) is 12.8 Å². The Morgan fingerprint density at radius 3 is 2.20 bits per heavy atom. The molecule has 1 aliphatic rings. The molecule has 15 heavy (non-hydrogen) atoms. The number of hydrogen-bond donors (Lipinski definition) is 2. The highest BCUT2D eigenvalue weighted by molar-refractivity contribution is 5.81. The summed E-state index contributed by atoms with van der Waals surface area (Å²) in [6.07, 6.45) is 2.86. The minimum atomic E-state index is -0.816. The van der Waals surface area contributed by atoms with Crippen LogP contribution in [0.25, 0.3) is 0 Å². The van der Waals surface area contributed by atoms with Crippen molar-refractivity contribution in [1.29, 1.82) is 0 Å². The van der Waals surface area contributed by atoms with Crippen LogP contribution in [0.15, 0.2) is 0 Å². The molecule has 0 spiro atoms. The summed E-state index contributed by atoms with van der Waals surface area (Å²) in [5.74, 6) is -0.290. The largest absolute Gasteiger partial charge is 0.459 e. The average molecular weight is 214 g/mol. The SMILES string of the molecule is CC(C)(C)OC(=O)C1(N)CCC(N)CC1. The Balaban J connectivity index is 2.58.